The second-order valence-electron chi connectivity index (χ2n) is 12.8. The highest BCUT2D eigenvalue weighted by molar-refractivity contribution is 6.03. The Balaban J connectivity index is 0.000000201. The van der Waals surface area contributed by atoms with Gasteiger partial charge in [-0.25, -0.2) is 17.6 Å². The molecular formula is C36H44F4N8O4. The van der Waals surface area contributed by atoms with E-state index in [-0.39, 0.29) is 23.5 Å². The number of fused-ring (bicyclic) bond motifs is 2. The fourth-order valence-corrected chi connectivity index (χ4v) is 5.96. The zero-order valence-corrected chi connectivity index (χ0v) is 29.1. The summed E-state index contributed by atoms with van der Waals surface area (Å²) in [5.74, 6) is 0.504. The first-order chi connectivity index (χ1) is 24.9. The normalized spacial score (nSPS) is 16.3. The molecule has 0 saturated heterocycles. The molecule has 0 bridgehead atoms. The molecule has 0 unspecified atom stereocenters. The zero-order chi connectivity index (χ0) is 37.4. The van der Waals surface area contributed by atoms with Gasteiger partial charge in [-0.2, -0.15) is 10.2 Å². The highest BCUT2D eigenvalue weighted by Crippen LogP contribution is 2.29. The van der Waals surface area contributed by atoms with E-state index in [0.29, 0.717) is 60.3 Å². The van der Waals surface area contributed by atoms with Gasteiger partial charge >= 0.3 is 0 Å². The summed E-state index contributed by atoms with van der Waals surface area (Å²) < 4.78 is 64.4. The number of nitrogens with one attached hydrogen (secondary N) is 2. The first-order valence-electron chi connectivity index (χ1n) is 17.3. The number of benzene rings is 2. The van der Waals surface area contributed by atoms with E-state index in [1.54, 1.807) is 36.4 Å². The fourth-order valence-electron chi connectivity index (χ4n) is 5.96. The van der Waals surface area contributed by atoms with Crippen molar-refractivity contribution in [3.05, 3.63) is 82.4 Å². The summed E-state index contributed by atoms with van der Waals surface area (Å²) in [6.07, 6.45) is -0.874. The van der Waals surface area contributed by atoms with Crippen LogP contribution in [0.15, 0.2) is 48.5 Å². The van der Waals surface area contributed by atoms with Gasteiger partial charge in [0.1, 0.15) is 37.8 Å². The van der Waals surface area contributed by atoms with E-state index in [0.717, 1.165) is 36.8 Å². The SMILES string of the molecule is CCCc1cc(C(=O)Nc2ccc3c(c2)OC[C@@H](N)C3)nn1CC(F)F.CCCc1cc(C(=O)Nc2ccc3c(c2)OC[C@H](N)C3)nn1CC(F)F. The average Bonchev–Trinajstić information content (AvgIpc) is 3.68. The molecule has 2 aromatic heterocycles. The number of halogens is 4. The van der Waals surface area contributed by atoms with Gasteiger partial charge in [0, 0.05) is 47.0 Å². The third kappa shape index (κ3) is 10.1. The first-order valence-corrected chi connectivity index (χ1v) is 17.3. The van der Waals surface area contributed by atoms with Crippen molar-refractivity contribution >= 4 is 23.2 Å². The second-order valence-corrected chi connectivity index (χ2v) is 12.8. The van der Waals surface area contributed by atoms with Crippen molar-refractivity contribution < 1.29 is 36.6 Å². The molecule has 4 heterocycles. The van der Waals surface area contributed by atoms with E-state index in [1.807, 2.05) is 26.0 Å². The Bertz CT molecular complexity index is 1710. The first kappa shape index (κ1) is 38.3. The Morgan fingerprint density at radius 1 is 0.731 bits per heavy atom. The number of aryl methyl sites for hydroxylation is 2. The lowest BCUT2D eigenvalue weighted by atomic mass is 10.0. The number of nitrogens with zero attached hydrogens (tertiary/aromatic N) is 4. The molecule has 52 heavy (non-hydrogen) atoms. The number of carbonyl (C=O) groups is 2. The van der Waals surface area contributed by atoms with Crippen molar-refractivity contribution in [2.45, 2.75) is 90.4 Å². The van der Waals surface area contributed by atoms with E-state index in [1.165, 1.54) is 9.36 Å². The second kappa shape index (κ2) is 17.5. The lowest BCUT2D eigenvalue weighted by molar-refractivity contribution is 0.100. The molecule has 2 amide bonds. The number of anilines is 2. The van der Waals surface area contributed by atoms with Crippen LogP contribution in [0.25, 0.3) is 0 Å². The zero-order valence-electron chi connectivity index (χ0n) is 29.1. The monoisotopic (exact) mass is 728 g/mol. The molecule has 2 aliphatic rings. The van der Waals surface area contributed by atoms with Gasteiger partial charge in [-0.3, -0.25) is 19.0 Å². The average molecular weight is 729 g/mol. The van der Waals surface area contributed by atoms with E-state index >= 15 is 0 Å². The van der Waals surface area contributed by atoms with Gasteiger partial charge in [0.25, 0.3) is 24.7 Å². The third-order valence-corrected chi connectivity index (χ3v) is 8.35. The van der Waals surface area contributed by atoms with Gasteiger partial charge < -0.3 is 31.6 Å². The fraction of sp³-hybridized carbons (Fsp3) is 0.444. The van der Waals surface area contributed by atoms with Crippen LogP contribution >= 0.6 is 0 Å². The van der Waals surface area contributed by atoms with Gasteiger partial charge in [0.2, 0.25) is 0 Å². The molecule has 2 aromatic carbocycles. The van der Waals surface area contributed by atoms with Crippen LogP contribution in [0.3, 0.4) is 0 Å². The number of aromatic nitrogens is 4. The Morgan fingerprint density at radius 3 is 1.50 bits per heavy atom. The summed E-state index contributed by atoms with van der Waals surface area (Å²) in [5.41, 5.74) is 16.3. The molecule has 6 N–H and O–H groups in total. The summed E-state index contributed by atoms with van der Waals surface area (Å²) >= 11 is 0. The molecular weight excluding hydrogens is 684 g/mol. The van der Waals surface area contributed by atoms with E-state index in [2.05, 4.69) is 20.8 Å². The van der Waals surface area contributed by atoms with Crippen molar-refractivity contribution in [3.8, 4) is 11.5 Å². The van der Waals surface area contributed by atoms with Crippen LogP contribution in [-0.4, -0.2) is 69.5 Å². The van der Waals surface area contributed by atoms with Crippen LogP contribution in [0.5, 0.6) is 11.5 Å². The molecule has 0 spiro atoms. The quantitative estimate of drug-likeness (QED) is 0.144. The number of ether oxygens (including phenoxy) is 2. The molecule has 2 aliphatic heterocycles. The lowest BCUT2D eigenvalue weighted by Crippen LogP contribution is -2.33. The maximum atomic E-state index is 12.7. The maximum Gasteiger partial charge on any atom is 0.276 e. The summed E-state index contributed by atoms with van der Waals surface area (Å²) in [4.78, 5) is 24.9. The molecule has 12 nitrogen and oxygen atoms in total. The van der Waals surface area contributed by atoms with Gasteiger partial charge in [0.15, 0.2) is 11.4 Å². The Hall–Kier alpha value is -4.96. The molecule has 0 radical (unpaired) electrons. The molecule has 0 fully saturated rings. The summed E-state index contributed by atoms with van der Waals surface area (Å²) in [7, 11) is 0. The minimum atomic E-state index is -2.52. The number of amides is 2. The Morgan fingerprint density at radius 2 is 1.13 bits per heavy atom. The molecule has 0 aliphatic carbocycles. The van der Waals surface area contributed by atoms with Crippen molar-refractivity contribution in [2.24, 2.45) is 11.5 Å². The van der Waals surface area contributed by atoms with E-state index in [9.17, 15) is 27.2 Å². The molecule has 0 saturated carbocycles. The van der Waals surface area contributed by atoms with Crippen molar-refractivity contribution in [2.75, 3.05) is 23.8 Å². The Kier molecular flexibility index (Phi) is 12.9. The maximum absolute atomic E-state index is 12.7. The van der Waals surface area contributed by atoms with Crippen LogP contribution in [0.2, 0.25) is 0 Å². The lowest BCUT2D eigenvalue weighted by Gasteiger charge is -2.22. The molecule has 280 valence electrons. The third-order valence-electron chi connectivity index (χ3n) is 8.35. The van der Waals surface area contributed by atoms with Gasteiger partial charge in [-0.15, -0.1) is 0 Å². The van der Waals surface area contributed by atoms with Gasteiger partial charge in [-0.1, -0.05) is 38.8 Å². The number of hydrogen-bond acceptors (Lipinski definition) is 8. The van der Waals surface area contributed by atoms with Crippen molar-refractivity contribution in [1.82, 2.24) is 19.6 Å². The van der Waals surface area contributed by atoms with Crippen LogP contribution < -0.4 is 31.6 Å². The van der Waals surface area contributed by atoms with Gasteiger partial charge in [0.05, 0.1) is 0 Å². The van der Waals surface area contributed by atoms with Crippen LogP contribution in [0.4, 0.5) is 28.9 Å². The standard InChI is InChI=1S/2C18H22F2N4O2/c2*1-2-3-14-8-15(23-24(14)9-17(19)20)18(25)22-13-5-4-11-6-12(21)10-26-16(11)7-13/h2*4-5,7-8,12,17H,2-3,6,9-10,21H2,1H3,(H,22,25)/t2*12-/m10/s1. The number of carbonyl (C=O) groups excluding carboxylic acids is 2. The predicted octanol–water partition coefficient (Wildman–Crippen LogP) is 5.23. The van der Waals surface area contributed by atoms with Crippen molar-refractivity contribution in [1.29, 1.82) is 0 Å². The van der Waals surface area contributed by atoms with Crippen LogP contribution in [0.1, 0.15) is 70.2 Å². The smallest absolute Gasteiger partial charge is 0.276 e. The van der Waals surface area contributed by atoms with Crippen molar-refractivity contribution in [3.63, 3.8) is 0 Å². The van der Waals surface area contributed by atoms with Crippen LogP contribution in [0, 0.1) is 0 Å². The number of alkyl halides is 4. The summed E-state index contributed by atoms with van der Waals surface area (Å²) in [6, 6.07) is 13.8. The molecule has 6 rings (SSSR count). The molecule has 16 heteroatoms. The molecule has 4 aromatic rings. The topological polar surface area (TPSA) is 164 Å². The van der Waals surface area contributed by atoms with Crippen LogP contribution in [-0.2, 0) is 38.8 Å². The highest BCUT2D eigenvalue weighted by atomic mass is 19.3. The van der Waals surface area contributed by atoms with Gasteiger partial charge in [-0.05, 0) is 61.1 Å². The summed E-state index contributed by atoms with van der Waals surface area (Å²) in [6.45, 7) is 3.72. The molecule has 2 atom stereocenters. The number of hydrogen-bond donors (Lipinski definition) is 4. The minimum Gasteiger partial charge on any atom is -0.492 e. The Labute approximate surface area is 298 Å². The predicted molar refractivity (Wildman–Crippen MR) is 188 cm³/mol. The largest absolute Gasteiger partial charge is 0.492 e. The van der Waals surface area contributed by atoms with E-state index in [4.69, 9.17) is 20.9 Å². The highest BCUT2D eigenvalue weighted by Gasteiger charge is 2.21. The number of rotatable bonds is 12. The number of nitrogens with two attached hydrogens (primary N) is 2. The van der Waals surface area contributed by atoms with E-state index < -0.39 is 37.8 Å². The minimum absolute atomic E-state index is 0.0290. The summed E-state index contributed by atoms with van der Waals surface area (Å²) in [5, 5.41) is 13.6.